The molecule has 0 saturated carbocycles. The first-order valence-electron chi connectivity index (χ1n) is 6.19. The fourth-order valence-corrected chi connectivity index (χ4v) is 2.24. The highest BCUT2D eigenvalue weighted by Crippen LogP contribution is 2.29. The number of nitrogens with zero attached hydrogens (tertiary/aromatic N) is 5. The average molecular weight is 280 g/mol. The van der Waals surface area contributed by atoms with Gasteiger partial charge in [0, 0.05) is 33.1 Å². The van der Waals surface area contributed by atoms with E-state index in [0.717, 1.165) is 0 Å². The van der Waals surface area contributed by atoms with Gasteiger partial charge in [0.2, 0.25) is 17.7 Å². The number of nitro groups is 1. The maximum atomic E-state index is 11.3. The molecule has 0 aromatic carbocycles. The van der Waals surface area contributed by atoms with E-state index in [2.05, 4.69) is 9.97 Å². The maximum absolute atomic E-state index is 11.3. The molecule has 1 fully saturated rings. The van der Waals surface area contributed by atoms with Crippen molar-refractivity contribution in [2.45, 2.75) is 13.8 Å². The van der Waals surface area contributed by atoms with Crippen LogP contribution in [0.3, 0.4) is 0 Å². The lowest BCUT2D eigenvalue weighted by Crippen LogP contribution is -2.48. The minimum Gasteiger partial charge on any atom is -0.368 e. The Labute approximate surface area is 115 Å². The highest BCUT2D eigenvalue weighted by atomic mass is 16.6. The van der Waals surface area contributed by atoms with Crippen LogP contribution in [-0.2, 0) is 4.79 Å². The summed E-state index contributed by atoms with van der Waals surface area (Å²) in [5, 5.41) is 11.2. The SMILES string of the molecule is CC(=O)N1CCN(c2nc(N)nc(C)c2[N+](=O)[O-])CC1. The fourth-order valence-electron chi connectivity index (χ4n) is 2.24. The highest BCUT2D eigenvalue weighted by Gasteiger charge is 2.28. The standard InChI is InChI=1S/C11H16N6O3/c1-7-9(17(19)20)10(14-11(12)13-7)16-5-3-15(4-6-16)8(2)18/h3-6H2,1-2H3,(H2,12,13,14). The van der Waals surface area contributed by atoms with Crippen LogP contribution in [0.15, 0.2) is 0 Å². The van der Waals surface area contributed by atoms with Gasteiger partial charge in [-0.2, -0.15) is 4.98 Å². The molecule has 1 aromatic rings. The lowest BCUT2D eigenvalue weighted by molar-refractivity contribution is -0.385. The second kappa shape index (κ2) is 5.27. The zero-order valence-corrected chi connectivity index (χ0v) is 11.4. The number of rotatable bonds is 2. The summed E-state index contributed by atoms with van der Waals surface area (Å²) in [6.45, 7) is 5.02. The Balaban J connectivity index is 2.30. The van der Waals surface area contributed by atoms with E-state index in [1.165, 1.54) is 13.8 Å². The van der Waals surface area contributed by atoms with E-state index in [4.69, 9.17) is 5.73 Å². The van der Waals surface area contributed by atoms with Gasteiger partial charge < -0.3 is 15.5 Å². The second-order valence-corrected chi connectivity index (χ2v) is 4.59. The van der Waals surface area contributed by atoms with Crippen molar-refractivity contribution in [1.29, 1.82) is 0 Å². The molecule has 0 unspecified atom stereocenters. The molecule has 1 amide bonds. The minimum absolute atomic E-state index is 0.00229. The molecule has 0 bridgehead atoms. The van der Waals surface area contributed by atoms with Crippen LogP contribution in [0.2, 0.25) is 0 Å². The van der Waals surface area contributed by atoms with Crippen LogP contribution < -0.4 is 10.6 Å². The third-order valence-electron chi connectivity index (χ3n) is 3.26. The number of nitrogens with two attached hydrogens (primary N) is 1. The number of aryl methyl sites for hydroxylation is 1. The van der Waals surface area contributed by atoms with Crippen LogP contribution in [0.4, 0.5) is 17.5 Å². The van der Waals surface area contributed by atoms with Crippen LogP contribution in [0.25, 0.3) is 0 Å². The number of nitrogen functional groups attached to an aromatic ring is 1. The molecule has 9 nitrogen and oxygen atoms in total. The van der Waals surface area contributed by atoms with E-state index in [1.807, 2.05) is 0 Å². The van der Waals surface area contributed by atoms with Crippen molar-refractivity contribution in [2.24, 2.45) is 0 Å². The smallest absolute Gasteiger partial charge is 0.332 e. The topological polar surface area (TPSA) is 118 Å². The number of carbonyl (C=O) groups is 1. The third kappa shape index (κ3) is 2.60. The molecule has 1 aliphatic heterocycles. The zero-order valence-electron chi connectivity index (χ0n) is 11.4. The molecule has 2 rings (SSSR count). The minimum atomic E-state index is -0.499. The van der Waals surface area contributed by atoms with Crippen LogP contribution in [0.1, 0.15) is 12.6 Å². The van der Waals surface area contributed by atoms with Gasteiger partial charge in [0.1, 0.15) is 5.69 Å². The van der Waals surface area contributed by atoms with E-state index in [9.17, 15) is 14.9 Å². The number of aromatic nitrogens is 2. The van der Waals surface area contributed by atoms with Gasteiger partial charge in [0.05, 0.1) is 4.92 Å². The van der Waals surface area contributed by atoms with E-state index < -0.39 is 4.92 Å². The number of carbonyl (C=O) groups excluding carboxylic acids is 1. The molecule has 9 heteroatoms. The maximum Gasteiger partial charge on any atom is 0.332 e. The number of anilines is 2. The van der Waals surface area contributed by atoms with Crippen molar-refractivity contribution in [3.63, 3.8) is 0 Å². The normalized spacial score (nSPS) is 15.3. The molecule has 20 heavy (non-hydrogen) atoms. The molecule has 0 atom stereocenters. The first-order chi connectivity index (χ1) is 9.40. The molecule has 108 valence electrons. The van der Waals surface area contributed by atoms with Crippen molar-refractivity contribution in [1.82, 2.24) is 14.9 Å². The third-order valence-corrected chi connectivity index (χ3v) is 3.26. The first kappa shape index (κ1) is 14.0. The number of piperazine rings is 1. The van der Waals surface area contributed by atoms with Gasteiger partial charge in [-0.05, 0) is 6.92 Å². The van der Waals surface area contributed by atoms with Gasteiger partial charge in [-0.1, -0.05) is 0 Å². The number of hydrogen-bond acceptors (Lipinski definition) is 7. The quantitative estimate of drug-likeness (QED) is 0.595. The summed E-state index contributed by atoms with van der Waals surface area (Å²) in [5.74, 6) is 0.234. The van der Waals surface area contributed by atoms with Gasteiger partial charge in [-0.25, -0.2) is 4.98 Å². The largest absolute Gasteiger partial charge is 0.368 e. The summed E-state index contributed by atoms with van der Waals surface area (Å²) >= 11 is 0. The monoisotopic (exact) mass is 280 g/mol. The van der Waals surface area contributed by atoms with Crippen molar-refractivity contribution < 1.29 is 9.72 Å². The molecular weight excluding hydrogens is 264 g/mol. The Kier molecular flexibility index (Phi) is 3.68. The molecule has 1 aliphatic rings. The molecule has 0 aliphatic carbocycles. The summed E-state index contributed by atoms with van der Waals surface area (Å²) in [6, 6.07) is 0. The summed E-state index contributed by atoms with van der Waals surface area (Å²) in [7, 11) is 0. The summed E-state index contributed by atoms with van der Waals surface area (Å²) in [5.41, 5.74) is 5.69. The highest BCUT2D eigenvalue weighted by molar-refractivity contribution is 5.73. The van der Waals surface area contributed by atoms with Crippen molar-refractivity contribution in [3.8, 4) is 0 Å². The predicted octanol–water partition coefficient (Wildman–Crippen LogP) is -0.0561. The molecule has 2 N–H and O–H groups in total. The summed E-state index contributed by atoms with van der Waals surface area (Å²) in [4.78, 5) is 33.2. The van der Waals surface area contributed by atoms with Crippen molar-refractivity contribution >= 4 is 23.4 Å². The van der Waals surface area contributed by atoms with Crippen molar-refractivity contribution in [2.75, 3.05) is 36.8 Å². The summed E-state index contributed by atoms with van der Waals surface area (Å²) < 4.78 is 0. The van der Waals surface area contributed by atoms with Crippen LogP contribution in [-0.4, -0.2) is 51.9 Å². The molecule has 1 saturated heterocycles. The molecule has 0 radical (unpaired) electrons. The van der Waals surface area contributed by atoms with Crippen LogP contribution in [0, 0.1) is 17.0 Å². The van der Waals surface area contributed by atoms with E-state index in [-0.39, 0.29) is 29.1 Å². The van der Waals surface area contributed by atoms with E-state index in [1.54, 1.807) is 9.80 Å². The van der Waals surface area contributed by atoms with E-state index in [0.29, 0.717) is 26.2 Å². The van der Waals surface area contributed by atoms with Gasteiger partial charge >= 0.3 is 5.69 Å². The van der Waals surface area contributed by atoms with Crippen LogP contribution >= 0.6 is 0 Å². The zero-order chi connectivity index (χ0) is 14.9. The van der Waals surface area contributed by atoms with Gasteiger partial charge in [-0.3, -0.25) is 14.9 Å². The van der Waals surface area contributed by atoms with E-state index >= 15 is 0 Å². The van der Waals surface area contributed by atoms with Gasteiger partial charge in [0.15, 0.2) is 0 Å². The predicted molar refractivity (Wildman–Crippen MR) is 72.3 cm³/mol. The average Bonchev–Trinajstić information content (AvgIpc) is 2.37. The van der Waals surface area contributed by atoms with Gasteiger partial charge in [0.25, 0.3) is 0 Å². The summed E-state index contributed by atoms with van der Waals surface area (Å²) in [6.07, 6.45) is 0. The molecule has 2 heterocycles. The van der Waals surface area contributed by atoms with Crippen molar-refractivity contribution in [3.05, 3.63) is 15.8 Å². The van der Waals surface area contributed by atoms with Gasteiger partial charge in [-0.15, -0.1) is 0 Å². The number of amides is 1. The second-order valence-electron chi connectivity index (χ2n) is 4.59. The fraction of sp³-hybridized carbons (Fsp3) is 0.545. The number of hydrogen-bond donors (Lipinski definition) is 1. The Morgan fingerprint density at radius 1 is 1.30 bits per heavy atom. The lowest BCUT2D eigenvalue weighted by Gasteiger charge is -2.34. The Morgan fingerprint density at radius 3 is 2.40 bits per heavy atom. The first-order valence-corrected chi connectivity index (χ1v) is 6.19. The molecule has 0 spiro atoms. The van der Waals surface area contributed by atoms with Crippen LogP contribution in [0.5, 0.6) is 0 Å². The Bertz CT molecular complexity index is 553. The molecule has 1 aromatic heterocycles. The molecular formula is C11H16N6O3. The Morgan fingerprint density at radius 2 is 1.90 bits per heavy atom. The Hall–Kier alpha value is -2.45. The lowest BCUT2D eigenvalue weighted by atomic mass is 10.2.